The van der Waals surface area contributed by atoms with Crippen molar-refractivity contribution >= 4 is 5.97 Å². The van der Waals surface area contributed by atoms with Crippen LogP contribution in [0.1, 0.15) is 16.8 Å². The van der Waals surface area contributed by atoms with Crippen LogP contribution < -0.4 is 4.74 Å². The second kappa shape index (κ2) is 11.1. The van der Waals surface area contributed by atoms with Gasteiger partial charge in [-0.15, -0.1) is 0 Å². The largest absolute Gasteiger partial charge is 0.497 e. The molecule has 0 radical (unpaired) electrons. The number of carboxylic acid groups (broad SMARTS) is 1. The number of carbonyl (C=O) groups is 1. The van der Waals surface area contributed by atoms with Gasteiger partial charge in [0.05, 0.1) is 12.8 Å². The van der Waals surface area contributed by atoms with E-state index in [2.05, 4.69) is 27.0 Å². The predicted octanol–water partition coefficient (Wildman–Crippen LogP) is 4.53. The fraction of sp³-hybridized carbons (Fsp3) is 0.292. The summed E-state index contributed by atoms with van der Waals surface area (Å²) in [5.41, 5.74) is 5.42. The SMILES string of the molecule is COc1ccc(CN2CCc3ncnc(-c4ccc(F)cc4)c3CC2)cc1.O=C(O)C(F)(F)F. The van der Waals surface area contributed by atoms with Gasteiger partial charge < -0.3 is 9.84 Å². The fourth-order valence-electron chi connectivity index (χ4n) is 3.58. The first-order valence-corrected chi connectivity index (χ1v) is 10.4. The predicted molar refractivity (Wildman–Crippen MR) is 117 cm³/mol. The van der Waals surface area contributed by atoms with E-state index in [9.17, 15) is 17.6 Å². The molecule has 0 saturated carbocycles. The molecule has 3 aromatic rings. The average molecular weight is 477 g/mol. The molecule has 0 bridgehead atoms. The summed E-state index contributed by atoms with van der Waals surface area (Å²) in [4.78, 5) is 20.4. The van der Waals surface area contributed by atoms with E-state index in [1.807, 2.05) is 12.1 Å². The zero-order valence-corrected chi connectivity index (χ0v) is 18.3. The van der Waals surface area contributed by atoms with Crippen molar-refractivity contribution in [2.24, 2.45) is 0 Å². The number of methoxy groups -OCH3 is 1. The molecule has 1 aliphatic heterocycles. The molecule has 0 fully saturated rings. The van der Waals surface area contributed by atoms with Gasteiger partial charge in [0.2, 0.25) is 0 Å². The second-order valence-electron chi connectivity index (χ2n) is 7.58. The summed E-state index contributed by atoms with van der Waals surface area (Å²) in [7, 11) is 1.68. The summed E-state index contributed by atoms with van der Waals surface area (Å²) in [5.74, 6) is -2.11. The van der Waals surface area contributed by atoms with Gasteiger partial charge in [0.25, 0.3) is 0 Å². The van der Waals surface area contributed by atoms with Crippen molar-refractivity contribution in [3.63, 3.8) is 0 Å². The Labute approximate surface area is 193 Å². The number of nitrogens with zero attached hydrogens (tertiary/aromatic N) is 3. The van der Waals surface area contributed by atoms with Crippen LogP contribution in [0.3, 0.4) is 0 Å². The minimum Gasteiger partial charge on any atom is -0.497 e. The number of aromatic nitrogens is 2. The van der Waals surface area contributed by atoms with Crippen LogP contribution in [0.25, 0.3) is 11.3 Å². The second-order valence-corrected chi connectivity index (χ2v) is 7.58. The van der Waals surface area contributed by atoms with Gasteiger partial charge in [0, 0.05) is 42.9 Å². The molecule has 0 atom stereocenters. The summed E-state index contributed by atoms with van der Waals surface area (Å²) in [6.07, 6.45) is -1.68. The molecule has 10 heteroatoms. The summed E-state index contributed by atoms with van der Waals surface area (Å²) < 4.78 is 50.2. The van der Waals surface area contributed by atoms with Crippen molar-refractivity contribution in [3.8, 4) is 17.0 Å². The van der Waals surface area contributed by atoms with E-state index in [1.54, 1.807) is 25.6 Å². The zero-order chi connectivity index (χ0) is 24.7. The van der Waals surface area contributed by atoms with Crippen LogP contribution in [0.5, 0.6) is 5.75 Å². The molecule has 1 aromatic heterocycles. The van der Waals surface area contributed by atoms with E-state index in [0.29, 0.717) is 0 Å². The van der Waals surface area contributed by atoms with E-state index < -0.39 is 12.1 Å². The lowest BCUT2D eigenvalue weighted by molar-refractivity contribution is -0.192. The van der Waals surface area contributed by atoms with Crippen LogP contribution in [-0.4, -0.2) is 52.3 Å². The maximum atomic E-state index is 13.3. The third-order valence-electron chi connectivity index (χ3n) is 5.30. The number of halogens is 4. The van der Waals surface area contributed by atoms with Crippen LogP contribution in [0.2, 0.25) is 0 Å². The van der Waals surface area contributed by atoms with Crippen LogP contribution in [-0.2, 0) is 24.2 Å². The van der Waals surface area contributed by atoms with Gasteiger partial charge in [-0.2, -0.15) is 13.2 Å². The molecule has 0 unspecified atom stereocenters. The zero-order valence-electron chi connectivity index (χ0n) is 18.3. The lowest BCUT2D eigenvalue weighted by atomic mass is 10.0. The molecule has 6 nitrogen and oxygen atoms in total. The van der Waals surface area contributed by atoms with Gasteiger partial charge in [0.1, 0.15) is 17.9 Å². The average Bonchev–Trinajstić information content (AvgIpc) is 3.02. The van der Waals surface area contributed by atoms with Gasteiger partial charge in [-0.05, 0) is 48.4 Å². The lowest BCUT2D eigenvalue weighted by Crippen LogP contribution is -2.25. The first-order chi connectivity index (χ1) is 16.2. The van der Waals surface area contributed by atoms with E-state index in [1.165, 1.54) is 23.3 Å². The topological polar surface area (TPSA) is 75.5 Å². The number of hydrogen-bond acceptors (Lipinski definition) is 5. The minimum atomic E-state index is -5.08. The molecule has 1 aliphatic rings. The van der Waals surface area contributed by atoms with Gasteiger partial charge >= 0.3 is 12.1 Å². The highest BCUT2D eigenvalue weighted by Gasteiger charge is 2.38. The summed E-state index contributed by atoms with van der Waals surface area (Å²) >= 11 is 0. The van der Waals surface area contributed by atoms with Crippen molar-refractivity contribution in [2.45, 2.75) is 25.6 Å². The Morgan fingerprint density at radius 3 is 2.24 bits per heavy atom. The number of rotatable bonds is 4. The number of carboxylic acids is 1. The van der Waals surface area contributed by atoms with Gasteiger partial charge in [-0.1, -0.05) is 12.1 Å². The van der Waals surface area contributed by atoms with Crippen molar-refractivity contribution in [1.82, 2.24) is 14.9 Å². The number of fused-ring (bicyclic) bond motifs is 1. The van der Waals surface area contributed by atoms with Crippen molar-refractivity contribution in [2.75, 3.05) is 20.2 Å². The number of hydrogen-bond donors (Lipinski definition) is 1. The Kier molecular flexibility index (Phi) is 8.17. The van der Waals surface area contributed by atoms with E-state index >= 15 is 0 Å². The molecule has 0 aliphatic carbocycles. The molecule has 180 valence electrons. The number of ether oxygens (including phenoxy) is 1. The fourth-order valence-corrected chi connectivity index (χ4v) is 3.58. The highest BCUT2D eigenvalue weighted by atomic mass is 19.4. The quantitative estimate of drug-likeness (QED) is 0.557. The standard InChI is InChI=1S/C22H22FN3O.C2HF3O2/c1-27-19-8-2-16(3-9-19)14-26-12-10-20-21(11-13-26)24-15-25-22(20)17-4-6-18(23)7-5-17;3-2(4,5)1(6)7/h2-9,15H,10-14H2,1H3;(H,6,7). The monoisotopic (exact) mass is 477 g/mol. The number of benzene rings is 2. The molecule has 0 saturated heterocycles. The lowest BCUT2D eigenvalue weighted by Gasteiger charge is -2.19. The van der Waals surface area contributed by atoms with Crippen LogP contribution in [0.15, 0.2) is 54.9 Å². The molecule has 2 heterocycles. The smallest absolute Gasteiger partial charge is 0.490 e. The highest BCUT2D eigenvalue weighted by Crippen LogP contribution is 2.26. The molecule has 34 heavy (non-hydrogen) atoms. The third kappa shape index (κ3) is 6.74. The van der Waals surface area contributed by atoms with E-state index in [4.69, 9.17) is 14.6 Å². The van der Waals surface area contributed by atoms with Crippen molar-refractivity contribution in [1.29, 1.82) is 0 Å². The van der Waals surface area contributed by atoms with Crippen LogP contribution >= 0.6 is 0 Å². The molecule has 0 spiro atoms. The Balaban J connectivity index is 0.000000406. The van der Waals surface area contributed by atoms with E-state index in [0.717, 1.165) is 55.2 Å². The molecule has 4 rings (SSSR count). The molecular formula is C24H23F4N3O3. The first kappa shape index (κ1) is 25.1. The van der Waals surface area contributed by atoms with Crippen molar-refractivity contribution in [3.05, 3.63) is 77.5 Å². The molecular weight excluding hydrogens is 454 g/mol. The number of aliphatic carboxylic acids is 1. The summed E-state index contributed by atoms with van der Waals surface area (Å²) in [6, 6.07) is 14.8. The van der Waals surface area contributed by atoms with Crippen LogP contribution in [0, 0.1) is 5.82 Å². The van der Waals surface area contributed by atoms with E-state index in [-0.39, 0.29) is 5.82 Å². The highest BCUT2D eigenvalue weighted by molar-refractivity contribution is 5.73. The minimum absolute atomic E-state index is 0.232. The number of alkyl halides is 3. The van der Waals surface area contributed by atoms with Gasteiger partial charge in [-0.25, -0.2) is 19.2 Å². The summed E-state index contributed by atoms with van der Waals surface area (Å²) in [5, 5.41) is 7.12. The van der Waals surface area contributed by atoms with Gasteiger partial charge in [0.15, 0.2) is 0 Å². The Bertz CT molecular complexity index is 1100. The third-order valence-corrected chi connectivity index (χ3v) is 5.30. The molecule has 2 aromatic carbocycles. The molecule has 1 N–H and O–H groups in total. The first-order valence-electron chi connectivity index (χ1n) is 10.4. The Morgan fingerprint density at radius 1 is 1.03 bits per heavy atom. The maximum Gasteiger partial charge on any atom is 0.490 e. The summed E-state index contributed by atoms with van der Waals surface area (Å²) in [6.45, 7) is 2.80. The van der Waals surface area contributed by atoms with Gasteiger partial charge in [-0.3, -0.25) is 4.90 Å². The van der Waals surface area contributed by atoms with Crippen molar-refractivity contribution < 1.29 is 32.2 Å². The maximum absolute atomic E-state index is 13.3. The Morgan fingerprint density at radius 2 is 1.65 bits per heavy atom. The molecule has 0 amide bonds. The van der Waals surface area contributed by atoms with Crippen LogP contribution in [0.4, 0.5) is 17.6 Å². The normalized spacial score (nSPS) is 13.8. The Hall–Kier alpha value is -3.53.